The number of rotatable bonds is 2. The first-order valence-corrected chi connectivity index (χ1v) is 5.12. The van der Waals surface area contributed by atoms with E-state index in [2.05, 4.69) is 0 Å². The van der Waals surface area contributed by atoms with E-state index >= 15 is 0 Å². The van der Waals surface area contributed by atoms with Gasteiger partial charge in [-0.2, -0.15) is 0 Å². The van der Waals surface area contributed by atoms with E-state index in [-0.39, 0.29) is 0 Å². The Kier molecular flexibility index (Phi) is 4.11. The summed E-state index contributed by atoms with van der Waals surface area (Å²) < 4.78 is 0. The van der Waals surface area contributed by atoms with Crippen molar-refractivity contribution in [1.82, 2.24) is 0 Å². The summed E-state index contributed by atoms with van der Waals surface area (Å²) >= 11 is 17.2. The Morgan fingerprint density at radius 1 is 1.31 bits per heavy atom. The molecular weight excluding hydrogens is 226 g/mol. The highest BCUT2D eigenvalue weighted by atomic mass is 35.5. The minimum Gasteiger partial charge on any atom is -0.122 e. The second kappa shape index (κ2) is 4.90. The maximum Gasteiger partial charge on any atom is 0.0598 e. The molecule has 70 valence electrons. The molecule has 0 aliphatic rings. The molecule has 0 heterocycles. The van der Waals surface area contributed by atoms with Crippen LogP contribution >= 0.6 is 34.8 Å². The summed E-state index contributed by atoms with van der Waals surface area (Å²) in [4.78, 5) is 0. The molecular formula is C10H9Cl3. The van der Waals surface area contributed by atoms with Gasteiger partial charge in [0.2, 0.25) is 0 Å². The largest absolute Gasteiger partial charge is 0.122 e. The predicted octanol–water partition coefficient (Wildman–Crippen LogP) is 4.64. The van der Waals surface area contributed by atoms with Crippen LogP contribution in [-0.4, -0.2) is 5.88 Å². The number of halogens is 3. The first-order chi connectivity index (χ1) is 6.15. The second-order valence-corrected chi connectivity index (χ2v) is 3.79. The van der Waals surface area contributed by atoms with Gasteiger partial charge in [-0.15, -0.1) is 11.6 Å². The van der Waals surface area contributed by atoms with E-state index in [1.54, 1.807) is 6.07 Å². The van der Waals surface area contributed by atoms with E-state index in [4.69, 9.17) is 34.8 Å². The van der Waals surface area contributed by atoms with Crippen LogP contribution in [0, 0.1) is 0 Å². The van der Waals surface area contributed by atoms with Crippen molar-refractivity contribution in [2.75, 3.05) is 5.88 Å². The first-order valence-electron chi connectivity index (χ1n) is 3.83. The Balaban J connectivity index is 3.04. The molecule has 0 aromatic heterocycles. The van der Waals surface area contributed by atoms with Crippen molar-refractivity contribution in [3.05, 3.63) is 39.9 Å². The molecule has 1 rings (SSSR count). The average Bonchev–Trinajstić information content (AvgIpc) is 2.10. The molecule has 0 N–H and O–H groups in total. The summed E-state index contributed by atoms with van der Waals surface area (Å²) in [5.41, 5.74) is 2.16. The lowest BCUT2D eigenvalue weighted by atomic mass is 10.1. The van der Waals surface area contributed by atoms with Gasteiger partial charge in [-0.25, -0.2) is 0 Å². The van der Waals surface area contributed by atoms with Crippen molar-refractivity contribution in [3.63, 3.8) is 0 Å². The monoisotopic (exact) mass is 234 g/mol. The highest BCUT2D eigenvalue weighted by Gasteiger charge is 2.00. The van der Waals surface area contributed by atoms with Gasteiger partial charge in [-0.3, -0.25) is 0 Å². The average molecular weight is 236 g/mol. The fraction of sp³-hybridized carbons (Fsp3) is 0.200. The van der Waals surface area contributed by atoms with Crippen molar-refractivity contribution in [2.24, 2.45) is 0 Å². The normalized spacial score (nSPS) is 11.8. The van der Waals surface area contributed by atoms with Crippen LogP contribution in [-0.2, 0) is 0 Å². The van der Waals surface area contributed by atoms with Gasteiger partial charge in [0.05, 0.1) is 10.0 Å². The molecule has 0 unspecified atom stereocenters. The number of hydrogen-bond acceptors (Lipinski definition) is 0. The third kappa shape index (κ3) is 2.91. The SMILES string of the molecule is C/C(=C\CCl)c1ccc(Cl)c(Cl)c1. The van der Waals surface area contributed by atoms with Gasteiger partial charge in [0.25, 0.3) is 0 Å². The lowest BCUT2D eigenvalue weighted by Gasteiger charge is -2.02. The summed E-state index contributed by atoms with van der Waals surface area (Å²) in [6.45, 7) is 1.99. The molecule has 3 heteroatoms. The van der Waals surface area contributed by atoms with Crippen molar-refractivity contribution in [3.8, 4) is 0 Å². The zero-order valence-corrected chi connectivity index (χ0v) is 9.42. The number of hydrogen-bond donors (Lipinski definition) is 0. The van der Waals surface area contributed by atoms with Gasteiger partial charge in [0, 0.05) is 5.88 Å². The van der Waals surface area contributed by atoms with E-state index in [1.807, 2.05) is 25.1 Å². The molecule has 0 bridgehead atoms. The maximum absolute atomic E-state index is 5.87. The Morgan fingerprint density at radius 3 is 2.54 bits per heavy atom. The topological polar surface area (TPSA) is 0 Å². The molecule has 0 aliphatic heterocycles. The van der Waals surface area contributed by atoms with Crippen LogP contribution < -0.4 is 0 Å². The maximum atomic E-state index is 5.87. The predicted molar refractivity (Wildman–Crippen MR) is 60.8 cm³/mol. The zero-order valence-electron chi connectivity index (χ0n) is 7.15. The third-order valence-electron chi connectivity index (χ3n) is 1.76. The Bertz CT molecular complexity index is 329. The molecule has 0 saturated carbocycles. The molecule has 0 radical (unpaired) electrons. The summed E-state index contributed by atoms with van der Waals surface area (Å²) in [5.74, 6) is 0.506. The summed E-state index contributed by atoms with van der Waals surface area (Å²) in [7, 11) is 0. The van der Waals surface area contributed by atoms with Crippen molar-refractivity contribution in [2.45, 2.75) is 6.92 Å². The van der Waals surface area contributed by atoms with Crippen LogP contribution in [0.25, 0.3) is 5.57 Å². The molecule has 0 atom stereocenters. The van der Waals surface area contributed by atoms with Gasteiger partial charge in [0.15, 0.2) is 0 Å². The van der Waals surface area contributed by atoms with Crippen LogP contribution in [0.15, 0.2) is 24.3 Å². The zero-order chi connectivity index (χ0) is 9.84. The van der Waals surface area contributed by atoms with Crippen LogP contribution in [0.2, 0.25) is 10.0 Å². The van der Waals surface area contributed by atoms with Gasteiger partial charge in [-0.05, 0) is 30.2 Å². The van der Waals surface area contributed by atoms with Crippen molar-refractivity contribution < 1.29 is 0 Å². The number of allylic oxidation sites excluding steroid dienone is 2. The smallest absolute Gasteiger partial charge is 0.0598 e. The standard InChI is InChI=1S/C10H9Cl3/c1-7(4-5-11)8-2-3-9(12)10(13)6-8/h2-4,6H,5H2,1H3/b7-4+. The third-order valence-corrected chi connectivity index (χ3v) is 2.65. The van der Waals surface area contributed by atoms with Crippen LogP contribution in [0.1, 0.15) is 12.5 Å². The summed E-state index contributed by atoms with van der Waals surface area (Å²) in [6, 6.07) is 5.54. The molecule has 0 fully saturated rings. The quantitative estimate of drug-likeness (QED) is 0.655. The lowest BCUT2D eigenvalue weighted by Crippen LogP contribution is -1.80. The molecule has 0 saturated heterocycles. The van der Waals surface area contributed by atoms with E-state index in [1.165, 1.54) is 0 Å². The molecule has 0 nitrogen and oxygen atoms in total. The second-order valence-electron chi connectivity index (χ2n) is 2.67. The Labute approximate surface area is 93.1 Å². The van der Waals surface area contributed by atoms with Gasteiger partial charge >= 0.3 is 0 Å². The van der Waals surface area contributed by atoms with Crippen LogP contribution in [0.4, 0.5) is 0 Å². The molecule has 1 aromatic carbocycles. The minimum absolute atomic E-state index is 0.506. The molecule has 0 amide bonds. The van der Waals surface area contributed by atoms with Crippen molar-refractivity contribution >= 4 is 40.4 Å². The molecule has 1 aromatic rings. The fourth-order valence-corrected chi connectivity index (χ4v) is 1.50. The van der Waals surface area contributed by atoms with Gasteiger partial charge < -0.3 is 0 Å². The lowest BCUT2D eigenvalue weighted by molar-refractivity contribution is 1.54. The van der Waals surface area contributed by atoms with Crippen molar-refractivity contribution in [1.29, 1.82) is 0 Å². The van der Waals surface area contributed by atoms with E-state index in [9.17, 15) is 0 Å². The molecule has 13 heavy (non-hydrogen) atoms. The van der Waals surface area contributed by atoms with Gasteiger partial charge in [-0.1, -0.05) is 35.3 Å². The fourth-order valence-electron chi connectivity index (χ4n) is 0.975. The van der Waals surface area contributed by atoms with E-state index in [0.717, 1.165) is 11.1 Å². The Morgan fingerprint density at radius 2 is 2.00 bits per heavy atom. The van der Waals surface area contributed by atoms with E-state index in [0.29, 0.717) is 15.9 Å². The van der Waals surface area contributed by atoms with E-state index < -0.39 is 0 Å². The molecule has 0 aliphatic carbocycles. The number of alkyl halides is 1. The summed E-state index contributed by atoms with van der Waals surface area (Å²) in [6.07, 6.45) is 1.93. The highest BCUT2D eigenvalue weighted by molar-refractivity contribution is 6.42. The van der Waals surface area contributed by atoms with Crippen LogP contribution in [0.3, 0.4) is 0 Å². The highest BCUT2D eigenvalue weighted by Crippen LogP contribution is 2.25. The molecule has 0 spiro atoms. The Hall–Kier alpha value is -0.170. The number of benzene rings is 1. The van der Waals surface area contributed by atoms with Crippen LogP contribution in [0.5, 0.6) is 0 Å². The minimum atomic E-state index is 0.506. The summed E-state index contributed by atoms with van der Waals surface area (Å²) in [5, 5.41) is 1.14. The van der Waals surface area contributed by atoms with Gasteiger partial charge in [0.1, 0.15) is 0 Å². The first kappa shape index (κ1) is 10.9.